The average molecular weight is 294 g/mol. The molecule has 0 saturated carbocycles. The van der Waals surface area contributed by atoms with Crippen LogP contribution in [0.15, 0.2) is 12.4 Å². The Bertz CT molecular complexity index is 453. The average Bonchev–Trinajstić information content (AvgIpc) is 2.82. The van der Waals surface area contributed by atoms with E-state index in [0.717, 1.165) is 31.6 Å². The highest BCUT2D eigenvalue weighted by molar-refractivity contribution is 5.84. The Labute approximate surface area is 128 Å². The van der Waals surface area contributed by atoms with Crippen molar-refractivity contribution < 1.29 is 4.79 Å². The molecule has 1 amide bonds. The summed E-state index contributed by atoms with van der Waals surface area (Å²) in [4.78, 5) is 16.1. The summed E-state index contributed by atoms with van der Waals surface area (Å²) in [6.45, 7) is 11.2. The topological polar surface area (TPSA) is 72.9 Å². The molecular weight excluding hydrogens is 264 g/mol. The fourth-order valence-corrected chi connectivity index (χ4v) is 2.67. The third-order valence-corrected chi connectivity index (χ3v) is 3.74. The van der Waals surface area contributed by atoms with Gasteiger partial charge in [0, 0.05) is 30.9 Å². The van der Waals surface area contributed by atoms with Gasteiger partial charge in [-0.3, -0.25) is 4.79 Å². The molecule has 3 N–H and O–H groups in total. The summed E-state index contributed by atoms with van der Waals surface area (Å²) >= 11 is 0. The summed E-state index contributed by atoms with van der Waals surface area (Å²) in [5.74, 6) is 1.27. The van der Waals surface area contributed by atoms with Gasteiger partial charge < -0.3 is 15.6 Å². The van der Waals surface area contributed by atoms with E-state index in [2.05, 4.69) is 28.7 Å². The maximum Gasteiger partial charge on any atom is 0.237 e. The molecule has 0 bridgehead atoms. The fourth-order valence-electron chi connectivity index (χ4n) is 2.67. The van der Waals surface area contributed by atoms with Crippen LogP contribution in [0.2, 0.25) is 0 Å². The van der Waals surface area contributed by atoms with Crippen LogP contribution < -0.4 is 11.1 Å². The van der Waals surface area contributed by atoms with E-state index in [4.69, 9.17) is 5.73 Å². The van der Waals surface area contributed by atoms with Gasteiger partial charge >= 0.3 is 0 Å². The summed E-state index contributed by atoms with van der Waals surface area (Å²) in [6, 6.07) is 0.240. The fraction of sp³-hybridized carbons (Fsp3) is 0.750. The minimum Gasteiger partial charge on any atom is -0.368 e. The number of hydrogen-bond donors (Lipinski definition) is 2. The second-order valence-electron chi connectivity index (χ2n) is 6.59. The standard InChI is InChI=1S/C16H30N4O/c1-12(2)14-18-9-11-20(14)10-7-6-8-16(5,15(17)21)19-13(3)4/h9,11-13,19H,6-8,10H2,1-5H3,(H2,17,21). The monoisotopic (exact) mass is 294 g/mol. The van der Waals surface area contributed by atoms with E-state index in [1.54, 1.807) is 0 Å². The Balaban J connectivity index is 2.48. The van der Waals surface area contributed by atoms with Crippen molar-refractivity contribution in [2.75, 3.05) is 0 Å². The predicted molar refractivity (Wildman–Crippen MR) is 86.0 cm³/mol. The molecule has 0 aliphatic carbocycles. The molecule has 1 heterocycles. The maximum atomic E-state index is 11.7. The SMILES string of the molecule is CC(C)NC(C)(CCCCn1ccnc1C(C)C)C(N)=O. The Morgan fingerprint density at radius 3 is 2.57 bits per heavy atom. The van der Waals surface area contributed by atoms with Crippen molar-refractivity contribution in [1.82, 2.24) is 14.9 Å². The van der Waals surface area contributed by atoms with Gasteiger partial charge in [0.25, 0.3) is 0 Å². The molecule has 0 spiro atoms. The molecule has 0 aliphatic heterocycles. The van der Waals surface area contributed by atoms with E-state index in [1.807, 2.05) is 33.2 Å². The highest BCUT2D eigenvalue weighted by atomic mass is 16.1. The van der Waals surface area contributed by atoms with Gasteiger partial charge in [0.2, 0.25) is 5.91 Å². The van der Waals surface area contributed by atoms with Gasteiger partial charge in [0.1, 0.15) is 5.82 Å². The molecule has 21 heavy (non-hydrogen) atoms. The number of hydrogen-bond acceptors (Lipinski definition) is 3. The number of primary amides is 1. The van der Waals surface area contributed by atoms with Crippen LogP contribution in [0.3, 0.4) is 0 Å². The molecule has 1 unspecified atom stereocenters. The zero-order valence-corrected chi connectivity index (χ0v) is 14.0. The van der Waals surface area contributed by atoms with Crippen LogP contribution in [-0.2, 0) is 11.3 Å². The lowest BCUT2D eigenvalue weighted by molar-refractivity contribution is -0.124. The number of aromatic nitrogens is 2. The van der Waals surface area contributed by atoms with E-state index in [-0.39, 0.29) is 11.9 Å². The molecule has 1 atom stereocenters. The van der Waals surface area contributed by atoms with Crippen LogP contribution in [0, 0.1) is 0 Å². The Hall–Kier alpha value is -1.36. The lowest BCUT2D eigenvalue weighted by Gasteiger charge is -2.30. The molecular formula is C16H30N4O. The number of rotatable bonds is 9. The second-order valence-corrected chi connectivity index (χ2v) is 6.59. The molecule has 0 radical (unpaired) electrons. The van der Waals surface area contributed by atoms with Crippen LogP contribution in [0.25, 0.3) is 0 Å². The first-order valence-electron chi connectivity index (χ1n) is 7.85. The first kappa shape index (κ1) is 17.7. The highest BCUT2D eigenvalue weighted by Crippen LogP contribution is 2.17. The molecule has 1 rings (SSSR count). The summed E-state index contributed by atoms with van der Waals surface area (Å²) in [5, 5.41) is 3.29. The van der Waals surface area contributed by atoms with Crippen molar-refractivity contribution in [2.45, 2.75) is 77.9 Å². The Morgan fingerprint density at radius 2 is 2.05 bits per heavy atom. The minimum atomic E-state index is -0.621. The number of nitrogens with two attached hydrogens (primary N) is 1. The van der Waals surface area contributed by atoms with Gasteiger partial charge in [-0.2, -0.15) is 0 Å². The van der Waals surface area contributed by atoms with Crippen LogP contribution in [0.4, 0.5) is 0 Å². The lowest BCUT2D eigenvalue weighted by atomic mass is 9.93. The molecule has 0 fully saturated rings. The maximum absolute atomic E-state index is 11.7. The quantitative estimate of drug-likeness (QED) is 0.687. The van der Waals surface area contributed by atoms with Gasteiger partial charge in [-0.05, 0) is 40.0 Å². The summed E-state index contributed by atoms with van der Waals surface area (Å²) in [7, 11) is 0. The predicted octanol–water partition coefficient (Wildman–Crippen LogP) is 2.42. The highest BCUT2D eigenvalue weighted by Gasteiger charge is 2.30. The van der Waals surface area contributed by atoms with Crippen molar-refractivity contribution in [3.63, 3.8) is 0 Å². The minimum absolute atomic E-state index is 0.240. The molecule has 1 aromatic heterocycles. The van der Waals surface area contributed by atoms with Gasteiger partial charge in [-0.15, -0.1) is 0 Å². The van der Waals surface area contributed by atoms with E-state index in [0.29, 0.717) is 5.92 Å². The third kappa shape index (κ3) is 5.16. The van der Waals surface area contributed by atoms with Gasteiger partial charge in [0.15, 0.2) is 0 Å². The molecule has 1 aromatic rings. The van der Waals surface area contributed by atoms with Crippen molar-refractivity contribution in [3.05, 3.63) is 18.2 Å². The number of imidazole rings is 1. The molecule has 0 aromatic carbocycles. The first-order chi connectivity index (χ1) is 9.76. The second kappa shape index (κ2) is 7.59. The molecule has 5 nitrogen and oxygen atoms in total. The summed E-state index contributed by atoms with van der Waals surface area (Å²) in [5.41, 5.74) is 4.92. The first-order valence-corrected chi connectivity index (χ1v) is 7.85. The van der Waals surface area contributed by atoms with Gasteiger partial charge in [-0.1, -0.05) is 13.8 Å². The lowest BCUT2D eigenvalue weighted by Crippen LogP contribution is -2.55. The number of nitrogens with zero attached hydrogens (tertiary/aromatic N) is 2. The smallest absolute Gasteiger partial charge is 0.237 e. The van der Waals surface area contributed by atoms with Gasteiger partial charge in [-0.25, -0.2) is 4.98 Å². The third-order valence-electron chi connectivity index (χ3n) is 3.74. The van der Waals surface area contributed by atoms with Crippen molar-refractivity contribution in [1.29, 1.82) is 0 Å². The van der Waals surface area contributed by atoms with E-state index in [1.165, 1.54) is 0 Å². The number of nitrogens with one attached hydrogen (secondary N) is 1. The van der Waals surface area contributed by atoms with Crippen molar-refractivity contribution in [2.24, 2.45) is 5.73 Å². The van der Waals surface area contributed by atoms with E-state index < -0.39 is 5.54 Å². The summed E-state index contributed by atoms with van der Waals surface area (Å²) in [6.07, 6.45) is 6.60. The normalized spacial score (nSPS) is 14.6. The Morgan fingerprint density at radius 1 is 1.38 bits per heavy atom. The largest absolute Gasteiger partial charge is 0.368 e. The van der Waals surface area contributed by atoms with Crippen LogP contribution in [-0.4, -0.2) is 27.0 Å². The zero-order valence-electron chi connectivity index (χ0n) is 14.0. The van der Waals surface area contributed by atoms with E-state index >= 15 is 0 Å². The molecule has 0 aliphatic rings. The van der Waals surface area contributed by atoms with Crippen molar-refractivity contribution >= 4 is 5.91 Å². The number of carbonyl (C=O) groups is 1. The van der Waals surface area contributed by atoms with Crippen molar-refractivity contribution in [3.8, 4) is 0 Å². The number of carbonyl (C=O) groups excluding carboxylic acids is 1. The number of amides is 1. The van der Waals surface area contributed by atoms with Gasteiger partial charge in [0.05, 0.1) is 5.54 Å². The van der Waals surface area contributed by atoms with Crippen LogP contribution in [0.5, 0.6) is 0 Å². The van der Waals surface area contributed by atoms with Crippen LogP contribution >= 0.6 is 0 Å². The molecule has 5 heteroatoms. The summed E-state index contributed by atoms with van der Waals surface area (Å²) < 4.78 is 2.20. The molecule has 0 saturated heterocycles. The van der Waals surface area contributed by atoms with Crippen LogP contribution in [0.1, 0.15) is 65.6 Å². The molecule has 120 valence electrons. The number of aryl methyl sites for hydroxylation is 1. The Kier molecular flexibility index (Phi) is 6.40. The number of unbranched alkanes of at least 4 members (excludes halogenated alkanes) is 1. The zero-order chi connectivity index (χ0) is 16.0. The van der Waals surface area contributed by atoms with E-state index in [9.17, 15) is 4.79 Å².